The fourth-order valence-electron chi connectivity index (χ4n) is 1.94. The first-order chi connectivity index (χ1) is 9.06. The zero-order valence-corrected chi connectivity index (χ0v) is 12.7. The highest BCUT2D eigenvalue weighted by Crippen LogP contribution is 2.27. The van der Waals surface area contributed by atoms with Crippen LogP contribution in [0.4, 0.5) is 4.39 Å². The average Bonchev–Trinajstić information content (AvgIpc) is 2.37. The molecule has 2 aromatic carbocycles. The third-order valence-electron chi connectivity index (χ3n) is 2.91. The second kappa shape index (κ2) is 6.31. The van der Waals surface area contributed by atoms with E-state index >= 15 is 0 Å². The van der Waals surface area contributed by atoms with Crippen LogP contribution in [0.2, 0.25) is 0 Å². The van der Waals surface area contributed by atoms with Gasteiger partial charge in [-0.1, -0.05) is 48.0 Å². The summed E-state index contributed by atoms with van der Waals surface area (Å²) in [6, 6.07) is 13.3. The maximum Gasteiger partial charge on any atom is 0.123 e. The van der Waals surface area contributed by atoms with Crippen molar-refractivity contribution in [3.8, 4) is 11.1 Å². The van der Waals surface area contributed by atoms with Crippen molar-refractivity contribution in [2.75, 3.05) is 0 Å². The van der Waals surface area contributed by atoms with E-state index in [1.807, 2.05) is 30.3 Å². The molecule has 0 heterocycles. The Hall–Kier alpha value is -1.19. The number of rotatable bonds is 4. The topological polar surface area (TPSA) is 12.0 Å². The molecule has 1 nitrogen and oxygen atoms in total. The Bertz CT molecular complexity index is 566. The number of hydrogen-bond donors (Lipinski definition) is 1. The van der Waals surface area contributed by atoms with Crippen molar-refractivity contribution < 1.29 is 4.39 Å². The molecule has 3 heteroatoms. The summed E-state index contributed by atoms with van der Waals surface area (Å²) in [5, 5.41) is 3.37. The molecule has 0 atom stereocenters. The largest absolute Gasteiger partial charge is 0.310 e. The summed E-state index contributed by atoms with van der Waals surface area (Å²) >= 11 is 3.46. The maximum atomic E-state index is 13.5. The molecule has 19 heavy (non-hydrogen) atoms. The van der Waals surface area contributed by atoms with E-state index in [2.05, 4.69) is 35.1 Å². The van der Waals surface area contributed by atoms with E-state index in [0.29, 0.717) is 6.04 Å². The highest BCUT2D eigenvalue weighted by Gasteiger charge is 2.07. The third kappa shape index (κ3) is 3.88. The maximum absolute atomic E-state index is 13.5. The molecular formula is C16H17BrFN. The molecule has 2 rings (SSSR count). The summed E-state index contributed by atoms with van der Waals surface area (Å²) in [5.41, 5.74) is 3.07. The van der Waals surface area contributed by atoms with Crippen LogP contribution in [0.5, 0.6) is 0 Å². The van der Waals surface area contributed by atoms with Crippen LogP contribution in [0.25, 0.3) is 11.1 Å². The second-order valence-corrected chi connectivity index (χ2v) is 5.76. The molecule has 0 unspecified atom stereocenters. The van der Waals surface area contributed by atoms with Gasteiger partial charge in [0.25, 0.3) is 0 Å². The Kier molecular flexibility index (Phi) is 4.72. The van der Waals surface area contributed by atoms with Crippen LogP contribution in [0.3, 0.4) is 0 Å². The zero-order valence-electron chi connectivity index (χ0n) is 11.1. The monoisotopic (exact) mass is 321 g/mol. The van der Waals surface area contributed by atoms with E-state index in [9.17, 15) is 4.39 Å². The summed E-state index contributed by atoms with van der Waals surface area (Å²) in [6.45, 7) is 4.93. The van der Waals surface area contributed by atoms with E-state index in [4.69, 9.17) is 0 Å². The molecule has 0 radical (unpaired) electrons. The van der Waals surface area contributed by atoms with Crippen LogP contribution in [-0.2, 0) is 6.54 Å². The number of nitrogens with one attached hydrogen (secondary N) is 1. The Morgan fingerprint density at radius 1 is 1.16 bits per heavy atom. The minimum Gasteiger partial charge on any atom is -0.310 e. The predicted octanol–water partition coefficient (Wildman–Crippen LogP) is 4.75. The first-order valence-electron chi connectivity index (χ1n) is 6.34. The highest BCUT2D eigenvalue weighted by atomic mass is 79.9. The molecule has 0 amide bonds. The summed E-state index contributed by atoms with van der Waals surface area (Å²) in [6.07, 6.45) is 0. The summed E-state index contributed by atoms with van der Waals surface area (Å²) in [4.78, 5) is 0. The number of halogens is 2. The standard InChI is InChI=1S/C16H17BrFN/c1-11(2)19-10-13-6-7-15(18)9-16(13)12-4-3-5-14(17)8-12/h3-9,11,19H,10H2,1-2H3. The van der Waals surface area contributed by atoms with Crippen molar-refractivity contribution in [3.05, 3.63) is 58.3 Å². The Balaban J connectivity index is 2.39. The van der Waals surface area contributed by atoms with Gasteiger partial charge in [-0.2, -0.15) is 0 Å². The van der Waals surface area contributed by atoms with E-state index in [1.54, 1.807) is 6.07 Å². The Labute approximate surface area is 122 Å². The SMILES string of the molecule is CC(C)NCc1ccc(F)cc1-c1cccc(Br)c1. The van der Waals surface area contributed by atoms with Gasteiger partial charge in [0.2, 0.25) is 0 Å². The summed E-state index contributed by atoms with van der Waals surface area (Å²) < 4.78 is 14.5. The fraction of sp³-hybridized carbons (Fsp3) is 0.250. The van der Waals surface area contributed by atoms with Crippen LogP contribution in [0, 0.1) is 5.82 Å². The molecule has 2 aromatic rings. The van der Waals surface area contributed by atoms with Crippen molar-refractivity contribution in [1.29, 1.82) is 0 Å². The van der Waals surface area contributed by atoms with Gasteiger partial charge in [0, 0.05) is 17.1 Å². The molecule has 100 valence electrons. The lowest BCUT2D eigenvalue weighted by Crippen LogP contribution is -2.22. The van der Waals surface area contributed by atoms with Crippen LogP contribution >= 0.6 is 15.9 Å². The summed E-state index contributed by atoms with van der Waals surface area (Å²) in [7, 11) is 0. The molecule has 0 spiro atoms. The Morgan fingerprint density at radius 3 is 2.63 bits per heavy atom. The number of hydrogen-bond acceptors (Lipinski definition) is 1. The lowest BCUT2D eigenvalue weighted by Gasteiger charge is -2.13. The molecule has 0 aromatic heterocycles. The summed E-state index contributed by atoms with van der Waals surface area (Å²) in [5.74, 6) is -0.205. The molecule has 0 aliphatic rings. The van der Waals surface area contributed by atoms with Crippen molar-refractivity contribution in [2.24, 2.45) is 0 Å². The van der Waals surface area contributed by atoms with Crippen LogP contribution in [-0.4, -0.2) is 6.04 Å². The van der Waals surface area contributed by atoms with Gasteiger partial charge in [0.05, 0.1) is 0 Å². The van der Waals surface area contributed by atoms with Crippen molar-refractivity contribution in [3.63, 3.8) is 0 Å². The second-order valence-electron chi connectivity index (χ2n) is 4.85. The van der Waals surface area contributed by atoms with Gasteiger partial charge < -0.3 is 5.32 Å². The molecule has 1 N–H and O–H groups in total. The van der Waals surface area contributed by atoms with Gasteiger partial charge >= 0.3 is 0 Å². The first kappa shape index (κ1) is 14.2. The number of benzene rings is 2. The molecule has 0 aliphatic heterocycles. The van der Waals surface area contributed by atoms with Gasteiger partial charge in [0.15, 0.2) is 0 Å². The van der Waals surface area contributed by atoms with Gasteiger partial charge in [0.1, 0.15) is 5.82 Å². The van der Waals surface area contributed by atoms with E-state index in [0.717, 1.165) is 27.7 Å². The smallest absolute Gasteiger partial charge is 0.123 e. The minimum absolute atomic E-state index is 0.205. The normalized spacial score (nSPS) is 11.0. The molecule has 0 fully saturated rings. The van der Waals surface area contributed by atoms with E-state index < -0.39 is 0 Å². The van der Waals surface area contributed by atoms with E-state index in [-0.39, 0.29) is 5.82 Å². The van der Waals surface area contributed by atoms with Crippen LogP contribution < -0.4 is 5.32 Å². The Morgan fingerprint density at radius 2 is 1.95 bits per heavy atom. The van der Waals surface area contributed by atoms with Crippen LogP contribution in [0.1, 0.15) is 19.4 Å². The molecule has 0 aliphatic carbocycles. The average molecular weight is 322 g/mol. The van der Waals surface area contributed by atoms with E-state index in [1.165, 1.54) is 6.07 Å². The lowest BCUT2D eigenvalue weighted by atomic mass is 9.99. The van der Waals surface area contributed by atoms with Gasteiger partial charge in [-0.25, -0.2) is 4.39 Å². The van der Waals surface area contributed by atoms with Gasteiger partial charge in [-0.05, 0) is 41.0 Å². The first-order valence-corrected chi connectivity index (χ1v) is 7.13. The lowest BCUT2D eigenvalue weighted by molar-refractivity contribution is 0.587. The molecule has 0 bridgehead atoms. The van der Waals surface area contributed by atoms with Crippen molar-refractivity contribution in [1.82, 2.24) is 5.32 Å². The zero-order chi connectivity index (χ0) is 13.8. The third-order valence-corrected chi connectivity index (χ3v) is 3.40. The highest BCUT2D eigenvalue weighted by molar-refractivity contribution is 9.10. The predicted molar refractivity (Wildman–Crippen MR) is 81.5 cm³/mol. The quantitative estimate of drug-likeness (QED) is 0.856. The van der Waals surface area contributed by atoms with Gasteiger partial charge in [-0.3, -0.25) is 0 Å². The van der Waals surface area contributed by atoms with Crippen LogP contribution in [0.15, 0.2) is 46.9 Å². The van der Waals surface area contributed by atoms with Crippen molar-refractivity contribution >= 4 is 15.9 Å². The van der Waals surface area contributed by atoms with Gasteiger partial charge in [-0.15, -0.1) is 0 Å². The molecule has 0 saturated carbocycles. The van der Waals surface area contributed by atoms with Crippen molar-refractivity contribution in [2.45, 2.75) is 26.4 Å². The molecular weight excluding hydrogens is 305 g/mol. The molecule has 0 saturated heterocycles. The fourth-order valence-corrected chi connectivity index (χ4v) is 2.34. The minimum atomic E-state index is -0.205.